The summed E-state index contributed by atoms with van der Waals surface area (Å²) in [6.45, 7) is 7.90. The van der Waals surface area contributed by atoms with Gasteiger partial charge in [0.2, 0.25) is 5.88 Å². The van der Waals surface area contributed by atoms with Gasteiger partial charge in [-0.25, -0.2) is 9.07 Å². The smallest absolute Gasteiger partial charge is 0.227 e. The van der Waals surface area contributed by atoms with Crippen LogP contribution in [0.3, 0.4) is 0 Å². The number of halogens is 1. The van der Waals surface area contributed by atoms with Crippen LogP contribution in [0.5, 0.6) is 11.6 Å². The molecule has 1 heterocycles. The SMILES string of the molecule is CCCN(Cc1c(CC)nn(-c2ccccc2)c1Oc1ccccc1F)C[C@@H](C)O. The Morgan fingerprint density at radius 1 is 1.10 bits per heavy atom. The molecular weight excluding hydrogens is 381 g/mol. The van der Waals surface area contributed by atoms with Gasteiger partial charge >= 0.3 is 0 Å². The summed E-state index contributed by atoms with van der Waals surface area (Å²) in [5.41, 5.74) is 2.66. The first-order chi connectivity index (χ1) is 14.5. The minimum Gasteiger partial charge on any atom is -0.435 e. The molecular formula is C24H30FN3O2. The molecule has 0 saturated carbocycles. The molecule has 0 aliphatic carbocycles. The third-order valence-corrected chi connectivity index (χ3v) is 4.84. The van der Waals surface area contributed by atoms with Gasteiger partial charge in [-0.1, -0.05) is 44.2 Å². The summed E-state index contributed by atoms with van der Waals surface area (Å²) in [4.78, 5) is 2.18. The van der Waals surface area contributed by atoms with E-state index in [-0.39, 0.29) is 5.75 Å². The van der Waals surface area contributed by atoms with Crippen molar-refractivity contribution in [3.8, 4) is 17.3 Å². The first kappa shape index (κ1) is 22.0. The second-order valence-corrected chi connectivity index (χ2v) is 7.45. The molecule has 30 heavy (non-hydrogen) atoms. The highest BCUT2D eigenvalue weighted by Gasteiger charge is 2.23. The molecule has 0 aliphatic rings. The molecule has 3 aromatic rings. The average molecular weight is 412 g/mol. The zero-order valence-corrected chi connectivity index (χ0v) is 17.9. The van der Waals surface area contributed by atoms with Crippen molar-refractivity contribution in [1.29, 1.82) is 0 Å². The van der Waals surface area contributed by atoms with Gasteiger partial charge in [-0.15, -0.1) is 0 Å². The van der Waals surface area contributed by atoms with E-state index in [1.807, 2.05) is 37.3 Å². The van der Waals surface area contributed by atoms with Gasteiger partial charge in [-0.3, -0.25) is 4.90 Å². The number of hydrogen-bond acceptors (Lipinski definition) is 4. The minimum atomic E-state index is -0.443. The van der Waals surface area contributed by atoms with Crippen molar-refractivity contribution in [3.63, 3.8) is 0 Å². The predicted molar refractivity (Wildman–Crippen MR) is 117 cm³/mol. The van der Waals surface area contributed by atoms with Gasteiger partial charge in [0.05, 0.1) is 23.0 Å². The zero-order chi connectivity index (χ0) is 21.5. The number of rotatable bonds is 10. The van der Waals surface area contributed by atoms with Crippen molar-refractivity contribution in [3.05, 3.63) is 71.7 Å². The molecule has 0 bridgehead atoms. The summed E-state index contributed by atoms with van der Waals surface area (Å²) in [7, 11) is 0. The highest BCUT2D eigenvalue weighted by atomic mass is 19.1. The van der Waals surface area contributed by atoms with Crippen molar-refractivity contribution < 1.29 is 14.2 Å². The maximum atomic E-state index is 14.4. The molecule has 0 saturated heterocycles. The number of aliphatic hydroxyl groups is 1. The molecule has 1 atom stereocenters. The maximum Gasteiger partial charge on any atom is 0.227 e. The van der Waals surface area contributed by atoms with Crippen LogP contribution >= 0.6 is 0 Å². The third kappa shape index (κ3) is 5.26. The molecule has 1 N–H and O–H groups in total. The van der Waals surface area contributed by atoms with Crippen molar-refractivity contribution in [2.45, 2.75) is 46.3 Å². The molecule has 6 heteroatoms. The van der Waals surface area contributed by atoms with Crippen LogP contribution in [-0.2, 0) is 13.0 Å². The van der Waals surface area contributed by atoms with Gasteiger partial charge in [-0.05, 0) is 50.6 Å². The summed E-state index contributed by atoms with van der Waals surface area (Å²) in [6, 6.07) is 16.1. The lowest BCUT2D eigenvalue weighted by Crippen LogP contribution is -2.31. The van der Waals surface area contributed by atoms with E-state index < -0.39 is 11.9 Å². The van der Waals surface area contributed by atoms with Gasteiger partial charge in [0.1, 0.15) is 0 Å². The first-order valence-electron chi connectivity index (χ1n) is 10.5. The Kier molecular flexibility index (Phi) is 7.60. The Morgan fingerprint density at radius 2 is 1.80 bits per heavy atom. The summed E-state index contributed by atoms with van der Waals surface area (Å²) in [5, 5.41) is 14.7. The lowest BCUT2D eigenvalue weighted by Gasteiger charge is -2.23. The van der Waals surface area contributed by atoms with Crippen molar-refractivity contribution in [1.82, 2.24) is 14.7 Å². The van der Waals surface area contributed by atoms with E-state index in [2.05, 4.69) is 11.8 Å². The second-order valence-electron chi connectivity index (χ2n) is 7.45. The quantitative estimate of drug-likeness (QED) is 0.512. The fourth-order valence-electron chi connectivity index (χ4n) is 3.55. The molecule has 0 radical (unpaired) electrons. The van der Waals surface area contributed by atoms with Gasteiger partial charge in [0.25, 0.3) is 0 Å². The number of nitrogens with zero attached hydrogens (tertiary/aromatic N) is 3. The zero-order valence-electron chi connectivity index (χ0n) is 17.9. The van der Waals surface area contributed by atoms with E-state index in [1.165, 1.54) is 6.07 Å². The summed E-state index contributed by atoms with van der Waals surface area (Å²) in [5.74, 6) is 0.252. The van der Waals surface area contributed by atoms with E-state index in [1.54, 1.807) is 29.8 Å². The predicted octanol–water partition coefficient (Wildman–Crippen LogP) is 4.96. The standard InChI is InChI=1S/C24H30FN3O2/c1-4-15-27(16-18(3)29)17-20-22(5-2)26-28(19-11-7-6-8-12-19)24(20)30-23-14-10-9-13-21(23)25/h6-14,18,29H,4-5,15-17H2,1-3H3/t18-/m1/s1. The Balaban J connectivity index is 2.09. The number of aliphatic hydroxyl groups excluding tert-OH is 1. The summed E-state index contributed by atoms with van der Waals surface area (Å²) < 4.78 is 22.3. The highest BCUT2D eigenvalue weighted by Crippen LogP contribution is 2.33. The number of para-hydroxylation sites is 2. The maximum absolute atomic E-state index is 14.4. The normalized spacial score (nSPS) is 12.3. The van der Waals surface area contributed by atoms with Crippen LogP contribution in [0.15, 0.2) is 54.6 Å². The lowest BCUT2D eigenvalue weighted by atomic mass is 10.1. The Hall–Kier alpha value is -2.70. The minimum absolute atomic E-state index is 0.163. The van der Waals surface area contributed by atoms with E-state index in [0.717, 1.165) is 36.3 Å². The van der Waals surface area contributed by atoms with Gasteiger partial charge in [0, 0.05) is 13.1 Å². The lowest BCUT2D eigenvalue weighted by molar-refractivity contribution is 0.121. The van der Waals surface area contributed by atoms with Crippen molar-refractivity contribution >= 4 is 0 Å². The van der Waals surface area contributed by atoms with Crippen LogP contribution in [0.25, 0.3) is 5.69 Å². The van der Waals surface area contributed by atoms with E-state index in [9.17, 15) is 9.50 Å². The molecule has 1 aromatic heterocycles. The van der Waals surface area contributed by atoms with Crippen LogP contribution in [0.4, 0.5) is 4.39 Å². The molecule has 0 fully saturated rings. The molecule has 0 amide bonds. The number of aromatic nitrogens is 2. The van der Waals surface area contributed by atoms with E-state index in [4.69, 9.17) is 9.84 Å². The van der Waals surface area contributed by atoms with Crippen LogP contribution in [0.1, 0.15) is 38.4 Å². The average Bonchev–Trinajstić information content (AvgIpc) is 3.07. The second kappa shape index (κ2) is 10.4. The number of aryl methyl sites for hydroxylation is 1. The largest absolute Gasteiger partial charge is 0.435 e. The Bertz CT molecular complexity index is 941. The van der Waals surface area contributed by atoms with Crippen LogP contribution in [0.2, 0.25) is 0 Å². The monoisotopic (exact) mass is 411 g/mol. The number of ether oxygens (including phenoxy) is 1. The van der Waals surface area contributed by atoms with Gasteiger partial charge in [0.15, 0.2) is 11.6 Å². The van der Waals surface area contributed by atoms with Crippen LogP contribution < -0.4 is 4.74 Å². The first-order valence-corrected chi connectivity index (χ1v) is 10.5. The van der Waals surface area contributed by atoms with Gasteiger partial charge in [-0.2, -0.15) is 5.10 Å². The van der Waals surface area contributed by atoms with Crippen LogP contribution in [-0.4, -0.2) is 39.0 Å². The highest BCUT2D eigenvalue weighted by molar-refractivity contribution is 5.44. The van der Waals surface area contributed by atoms with E-state index >= 15 is 0 Å². The Morgan fingerprint density at radius 3 is 2.43 bits per heavy atom. The number of benzene rings is 2. The van der Waals surface area contributed by atoms with Crippen LogP contribution in [0, 0.1) is 5.82 Å². The summed E-state index contributed by atoms with van der Waals surface area (Å²) in [6.07, 6.45) is 1.24. The molecule has 0 spiro atoms. The number of hydrogen-bond donors (Lipinski definition) is 1. The molecule has 0 unspecified atom stereocenters. The fraction of sp³-hybridized carbons (Fsp3) is 0.375. The molecule has 3 rings (SSSR count). The van der Waals surface area contributed by atoms with Gasteiger partial charge < -0.3 is 9.84 Å². The molecule has 160 valence electrons. The summed E-state index contributed by atoms with van der Waals surface area (Å²) >= 11 is 0. The van der Waals surface area contributed by atoms with Crippen molar-refractivity contribution in [2.24, 2.45) is 0 Å². The molecule has 0 aliphatic heterocycles. The van der Waals surface area contributed by atoms with Crippen molar-refractivity contribution in [2.75, 3.05) is 13.1 Å². The topological polar surface area (TPSA) is 50.5 Å². The molecule has 5 nitrogen and oxygen atoms in total. The molecule has 2 aromatic carbocycles. The third-order valence-electron chi connectivity index (χ3n) is 4.84. The fourth-order valence-corrected chi connectivity index (χ4v) is 3.55. The Labute approximate surface area is 177 Å². The van der Waals surface area contributed by atoms with E-state index in [0.29, 0.717) is 19.0 Å².